The van der Waals surface area contributed by atoms with E-state index in [0.717, 1.165) is 16.6 Å². The molecule has 0 radical (unpaired) electrons. The quantitative estimate of drug-likeness (QED) is 0.695. The smallest absolute Gasteiger partial charge is 0.399 e. The number of aliphatic hydroxyl groups excluding tert-OH is 1. The minimum atomic E-state index is -0.422. The molecule has 28 heavy (non-hydrogen) atoms. The van der Waals surface area contributed by atoms with Crippen molar-refractivity contribution < 1.29 is 19.2 Å². The van der Waals surface area contributed by atoms with Gasteiger partial charge >= 0.3 is 13.1 Å². The molecule has 6 nitrogen and oxygen atoms in total. The lowest BCUT2D eigenvalue weighted by Crippen LogP contribution is -2.41. The van der Waals surface area contributed by atoms with Gasteiger partial charge in [-0.25, -0.2) is 4.79 Å². The Morgan fingerprint density at radius 1 is 0.929 bits per heavy atom. The molecule has 0 saturated carbocycles. The molecule has 3 rings (SSSR count). The highest BCUT2D eigenvalue weighted by Crippen LogP contribution is 2.36. The zero-order chi connectivity index (χ0) is 20.4. The second-order valence-corrected chi connectivity index (χ2v) is 7.99. The fourth-order valence-electron chi connectivity index (χ4n) is 2.82. The molecule has 0 atom stereocenters. The van der Waals surface area contributed by atoms with Crippen molar-refractivity contribution in [3.63, 3.8) is 0 Å². The first-order chi connectivity index (χ1) is 13.2. The van der Waals surface area contributed by atoms with Crippen LogP contribution < -0.4 is 16.1 Å². The fourth-order valence-corrected chi connectivity index (χ4v) is 2.82. The average molecular weight is 382 g/mol. The van der Waals surface area contributed by atoms with Crippen molar-refractivity contribution >= 4 is 24.3 Å². The Hall–Kier alpha value is -2.35. The molecule has 1 heterocycles. The Balaban J connectivity index is 1.53. The number of anilines is 1. The third kappa shape index (κ3) is 4.55. The average Bonchev–Trinajstić information content (AvgIpc) is 2.88. The van der Waals surface area contributed by atoms with Gasteiger partial charge in [-0.3, -0.25) is 0 Å². The zero-order valence-electron chi connectivity index (χ0n) is 16.8. The van der Waals surface area contributed by atoms with Gasteiger partial charge in [0.25, 0.3) is 0 Å². The van der Waals surface area contributed by atoms with E-state index in [9.17, 15) is 4.79 Å². The third-order valence-corrected chi connectivity index (χ3v) is 5.35. The van der Waals surface area contributed by atoms with Gasteiger partial charge in [-0.05, 0) is 56.4 Å². The van der Waals surface area contributed by atoms with E-state index in [1.54, 1.807) is 0 Å². The van der Waals surface area contributed by atoms with Crippen LogP contribution in [0.25, 0.3) is 0 Å². The van der Waals surface area contributed by atoms with Crippen molar-refractivity contribution in [1.29, 1.82) is 0 Å². The van der Waals surface area contributed by atoms with Crippen molar-refractivity contribution in [3.05, 3.63) is 59.7 Å². The van der Waals surface area contributed by atoms with Gasteiger partial charge < -0.3 is 25.0 Å². The Kier molecular flexibility index (Phi) is 5.79. The molecule has 3 N–H and O–H groups in total. The van der Waals surface area contributed by atoms with Crippen LogP contribution in [0.1, 0.15) is 38.8 Å². The molecule has 2 aromatic rings. The van der Waals surface area contributed by atoms with Gasteiger partial charge in [0.2, 0.25) is 0 Å². The standard InChI is InChI=1S/C21H27BN2O4/c1-20(2)21(3,4)28-22(27-20)17-9-11-18(12-10-17)24-19(26)23-13-15-5-7-16(14-25)8-6-15/h5-12,25H,13-14H2,1-4H3,(H2,23,24,26). The Morgan fingerprint density at radius 2 is 1.46 bits per heavy atom. The number of carbonyl (C=O) groups is 1. The SMILES string of the molecule is CC1(C)OB(c2ccc(NC(=O)NCc3ccc(CO)cc3)cc2)OC1(C)C. The van der Waals surface area contributed by atoms with Crippen molar-refractivity contribution in [2.24, 2.45) is 0 Å². The van der Waals surface area contributed by atoms with E-state index < -0.39 is 7.12 Å². The molecule has 1 aliphatic heterocycles. The van der Waals surface area contributed by atoms with Crippen LogP contribution in [-0.2, 0) is 22.5 Å². The number of aliphatic hydroxyl groups is 1. The van der Waals surface area contributed by atoms with E-state index in [1.807, 2.05) is 76.2 Å². The molecule has 0 bridgehead atoms. The van der Waals surface area contributed by atoms with Gasteiger partial charge in [-0.15, -0.1) is 0 Å². The first kappa shape index (κ1) is 20.4. The fraction of sp³-hybridized carbons (Fsp3) is 0.381. The molecule has 2 aromatic carbocycles. The molecule has 0 spiro atoms. The van der Waals surface area contributed by atoms with Crippen LogP contribution in [-0.4, -0.2) is 29.5 Å². The molecule has 1 fully saturated rings. The zero-order valence-corrected chi connectivity index (χ0v) is 16.8. The van der Waals surface area contributed by atoms with E-state index in [1.165, 1.54) is 0 Å². The molecule has 0 unspecified atom stereocenters. The highest BCUT2D eigenvalue weighted by atomic mass is 16.7. The summed E-state index contributed by atoms with van der Waals surface area (Å²) in [5.41, 5.74) is 2.63. The van der Waals surface area contributed by atoms with Crippen LogP contribution in [0.5, 0.6) is 0 Å². The topological polar surface area (TPSA) is 79.8 Å². The Labute approximate surface area is 166 Å². The maximum atomic E-state index is 12.1. The van der Waals surface area contributed by atoms with Gasteiger partial charge in [-0.2, -0.15) is 0 Å². The van der Waals surface area contributed by atoms with Gasteiger partial charge in [0.15, 0.2) is 0 Å². The maximum Gasteiger partial charge on any atom is 0.494 e. The molecular formula is C21H27BN2O4. The van der Waals surface area contributed by atoms with Gasteiger partial charge in [-0.1, -0.05) is 36.4 Å². The maximum absolute atomic E-state index is 12.1. The van der Waals surface area contributed by atoms with Gasteiger partial charge in [0, 0.05) is 12.2 Å². The lowest BCUT2D eigenvalue weighted by molar-refractivity contribution is 0.00578. The van der Waals surface area contributed by atoms with Crippen LogP contribution in [0.4, 0.5) is 10.5 Å². The summed E-state index contributed by atoms with van der Waals surface area (Å²) in [6, 6.07) is 14.6. The molecule has 1 saturated heterocycles. The highest BCUT2D eigenvalue weighted by molar-refractivity contribution is 6.62. The van der Waals surface area contributed by atoms with Crippen molar-refractivity contribution in [3.8, 4) is 0 Å². The Bertz CT molecular complexity index is 803. The normalized spacial score (nSPS) is 17.4. The second-order valence-electron chi connectivity index (χ2n) is 7.99. The number of carbonyl (C=O) groups excluding carboxylic acids is 1. The summed E-state index contributed by atoms with van der Waals surface area (Å²) in [6.07, 6.45) is 0. The van der Waals surface area contributed by atoms with Crippen LogP contribution in [0.2, 0.25) is 0 Å². The minimum absolute atomic E-state index is 0.0100. The highest BCUT2D eigenvalue weighted by Gasteiger charge is 2.51. The van der Waals surface area contributed by atoms with E-state index in [-0.39, 0.29) is 23.8 Å². The molecule has 2 amide bonds. The predicted octanol–water partition coefficient (Wildman–Crippen LogP) is 2.80. The van der Waals surface area contributed by atoms with E-state index in [0.29, 0.717) is 12.2 Å². The molecule has 7 heteroatoms. The summed E-state index contributed by atoms with van der Waals surface area (Å²) in [7, 11) is -0.422. The van der Waals surface area contributed by atoms with Gasteiger partial charge in [0.1, 0.15) is 0 Å². The molecule has 1 aliphatic rings. The molecular weight excluding hydrogens is 355 g/mol. The molecule has 0 aliphatic carbocycles. The first-order valence-corrected chi connectivity index (χ1v) is 9.39. The van der Waals surface area contributed by atoms with E-state index in [2.05, 4.69) is 10.6 Å². The second kappa shape index (κ2) is 7.95. The van der Waals surface area contributed by atoms with E-state index >= 15 is 0 Å². The largest absolute Gasteiger partial charge is 0.494 e. The number of amides is 2. The summed E-state index contributed by atoms with van der Waals surface area (Å²) in [5.74, 6) is 0. The summed E-state index contributed by atoms with van der Waals surface area (Å²) in [6.45, 7) is 8.49. The summed E-state index contributed by atoms with van der Waals surface area (Å²) in [5, 5.41) is 14.7. The predicted molar refractivity (Wildman–Crippen MR) is 110 cm³/mol. The molecule has 0 aromatic heterocycles. The van der Waals surface area contributed by atoms with E-state index in [4.69, 9.17) is 14.4 Å². The number of rotatable bonds is 5. The van der Waals surface area contributed by atoms with Crippen molar-refractivity contribution in [2.75, 3.05) is 5.32 Å². The lowest BCUT2D eigenvalue weighted by Gasteiger charge is -2.32. The summed E-state index contributed by atoms with van der Waals surface area (Å²) in [4.78, 5) is 12.1. The number of hydrogen-bond donors (Lipinski definition) is 3. The number of hydrogen-bond acceptors (Lipinski definition) is 4. The summed E-state index contributed by atoms with van der Waals surface area (Å²) >= 11 is 0. The number of benzene rings is 2. The van der Waals surface area contributed by atoms with Crippen LogP contribution >= 0.6 is 0 Å². The molecule has 148 valence electrons. The lowest BCUT2D eigenvalue weighted by atomic mass is 9.79. The van der Waals surface area contributed by atoms with Gasteiger partial charge in [0.05, 0.1) is 17.8 Å². The number of nitrogens with one attached hydrogen (secondary N) is 2. The first-order valence-electron chi connectivity index (χ1n) is 9.39. The minimum Gasteiger partial charge on any atom is -0.399 e. The third-order valence-electron chi connectivity index (χ3n) is 5.35. The Morgan fingerprint density at radius 3 is 2.00 bits per heavy atom. The van der Waals surface area contributed by atoms with Crippen molar-refractivity contribution in [2.45, 2.75) is 52.0 Å². The summed E-state index contributed by atoms with van der Waals surface area (Å²) < 4.78 is 12.1. The van der Waals surface area contributed by atoms with Crippen molar-refractivity contribution in [1.82, 2.24) is 5.32 Å². The monoisotopic (exact) mass is 382 g/mol. The van der Waals surface area contributed by atoms with Crippen LogP contribution in [0, 0.1) is 0 Å². The van der Waals surface area contributed by atoms with Crippen LogP contribution in [0.3, 0.4) is 0 Å². The number of urea groups is 1. The van der Waals surface area contributed by atoms with Crippen LogP contribution in [0.15, 0.2) is 48.5 Å².